The smallest absolute Gasteiger partial charge is 0.338 e. The molecule has 0 aromatic heterocycles. The van der Waals surface area contributed by atoms with Crippen LogP contribution in [0.1, 0.15) is 78.6 Å². The van der Waals surface area contributed by atoms with E-state index in [0.717, 1.165) is 0 Å². The minimum absolute atomic E-state index is 0.0189. The van der Waals surface area contributed by atoms with E-state index in [9.17, 15) is 24.3 Å². The fourth-order valence-electron chi connectivity index (χ4n) is 10.2. The predicted octanol–water partition coefficient (Wildman–Crippen LogP) is 4.11. The lowest BCUT2D eigenvalue weighted by molar-refractivity contribution is -0.244. The van der Waals surface area contributed by atoms with E-state index in [2.05, 4.69) is 13.8 Å². The Hall–Kier alpha value is -2.98. The Balaban J connectivity index is 1.57. The summed E-state index contributed by atoms with van der Waals surface area (Å²) in [6.07, 6.45) is -3.44. The number of ether oxygens (including phenoxy) is 5. The zero-order valence-corrected chi connectivity index (χ0v) is 27.4. The fourth-order valence-corrected chi connectivity index (χ4v) is 10.2. The molecule has 10 heteroatoms. The van der Waals surface area contributed by atoms with Crippen molar-refractivity contribution in [2.75, 3.05) is 6.61 Å². The summed E-state index contributed by atoms with van der Waals surface area (Å²) in [5.41, 5.74) is -3.80. The van der Waals surface area contributed by atoms with Gasteiger partial charge in [0.05, 0.1) is 35.5 Å². The Morgan fingerprint density at radius 2 is 1.62 bits per heavy atom. The molecule has 12 atom stereocenters. The third-order valence-electron chi connectivity index (χ3n) is 12.0. The van der Waals surface area contributed by atoms with Crippen LogP contribution in [0.3, 0.4) is 0 Å². The number of aliphatic hydroxyl groups excluding tert-OH is 1. The highest BCUT2D eigenvalue weighted by Crippen LogP contribution is 2.78. The molecule has 2 bridgehead atoms. The van der Waals surface area contributed by atoms with Crippen LogP contribution < -0.4 is 0 Å². The van der Waals surface area contributed by atoms with E-state index < -0.39 is 82.7 Å². The third kappa shape index (κ3) is 4.48. The van der Waals surface area contributed by atoms with Crippen molar-refractivity contribution in [1.82, 2.24) is 0 Å². The molecule has 5 aliphatic rings. The maximum absolute atomic E-state index is 13.6. The molecule has 0 unspecified atom stereocenters. The summed E-state index contributed by atoms with van der Waals surface area (Å²) in [4.78, 5) is 52.6. The van der Waals surface area contributed by atoms with E-state index >= 15 is 0 Å². The predicted molar refractivity (Wildman–Crippen MR) is 159 cm³/mol. The molecule has 0 spiro atoms. The standard InChI is InChI=1S/C35H46O10/c1-17(2)29(39)44-26-18(3)15-35(45-20(5)37)25(26)28(38)34-16-41-33(8,31(35)42-19(4)36)27(34)24-22(32(24,6)7)14-23(34)43-30(40)21-12-10-9-11-13-21/h9-13,17-18,22-28,31,38H,14-16H2,1-8H3/t18-,22-,23+,24-,25+,26-,27-,28+,31-,33+,34+,35+/m0/s1. The summed E-state index contributed by atoms with van der Waals surface area (Å²) in [7, 11) is 0. The Labute approximate surface area is 264 Å². The van der Waals surface area contributed by atoms with Crippen LogP contribution in [0.15, 0.2) is 30.3 Å². The fraction of sp³-hybridized carbons (Fsp3) is 0.714. The van der Waals surface area contributed by atoms with Gasteiger partial charge in [0.25, 0.3) is 0 Å². The van der Waals surface area contributed by atoms with Gasteiger partial charge in [-0.05, 0) is 55.1 Å². The normalized spacial score (nSPS) is 43.6. The van der Waals surface area contributed by atoms with E-state index in [4.69, 9.17) is 23.7 Å². The van der Waals surface area contributed by atoms with Gasteiger partial charge in [-0.1, -0.05) is 52.8 Å². The number of hydrogen-bond donors (Lipinski definition) is 1. The van der Waals surface area contributed by atoms with E-state index in [1.165, 1.54) is 13.8 Å². The number of hydrogen-bond acceptors (Lipinski definition) is 10. The van der Waals surface area contributed by atoms with Gasteiger partial charge in [-0.15, -0.1) is 0 Å². The molecule has 1 saturated heterocycles. The van der Waals surface area contributed by atoms with Crippen molar-refractivity contribution in [2.45, 2.75) is 104 Å². The summed E-state index contributed by atoms with van der Waals surface area (Å²) in [5.74, 6) is -4.25. The number of carbonyl (C=O) groups excluding carboxylic acids is 4. The average Bonchev–Trinajstić information content (AvgIpc) is 3.21. The van der Waals surface area contributed by atoms with Crippen LogP contribution in [0.5, 0.6) is 0 Å². The van der Waals surface area contributed by atoms with Crippen molar-refractivity contribution < 1.29 is 48.0 Å². The van der Waals surface area contributed by atoms with Crippen LogP contribution in [0.2, 0.25) is 0 Å². The van der Waals surface area contributed by atoms with E-state index in [0.29, 0.717) is 12.0 Å². The Morgan fingerprint density at radius 1 is 0.956 bits per heavy atom. The van der Waals surface area contributed by atoms with Gasteiger partial charge >= 0.3 is 23.9 Å². The topological polar surface area (TPSA) is 135 Å². The molecule has 1 aliphatic heterocycles. The summed E-state index contributed by atoms with van der Waals surface area (Å²) in [6.45, 7) is 14.1. The molecule has 45 heavy (non-hydrogen) atoms. The highest BCUT2D eigenvalue weighted by Gasteiger charge is 2.86. The molecule has 5 fully saturated rings. The quantitative estimate of drug-likeness (QED) is 0.363. The largest absolute Gasteiger partial charge is 0.461 e. The second kappa shape index (κ2) is 10.5. The molecular weight excluding hydrogens is 580 g/mol. The summed E-state index contributed by atoms with van der Waals surface area (Å²) < 4.78 is 31.7. The van der Waals surface area contributed by atoms with Gasteiger partial charge in [0.1, 0.15) is 17.8 Å². The number of benzene rings is 1. The molecule has 4 saturated carbocycles. The lowest BCUT2D eigenvalue weighted by Crippen LogP contribution is -2.64. The average molecular weight is 627 g/mol. The number of fused-ring (bicyclic) bond motifs is 2. The molecular formula is C35H46O10. The first-order valence-electron chi connectivity index (χ1n) is 16.2. The van der Waals surface area contributed by atoms with E-state index in [-0.39, 0.29) is 36.2 Å². The molecule has 1 N–H and O–H groups in total. The minimum Gasteiger partial charge on any atom is -0.461 e. The van der Waals surface area contributed by atoms with Crippen molar-refractivity contribution in [3.8, 4) is 0 Å². The molecule has 1 heterocycles. The van der Waals surface area contributed by atoms with Crippen molar-refractivity contribution in [3.63, 3.8) is 0 Å². The summed E-state index contributed by atoms with van der Waals surface area (Å²) >= 11 is 0. The molecule has 1 aromatic rings. The van der Waals surface area contributed by atoms with Crippen molar-refractivity contribution in [3.05, 3.63) is 35.9 Å². The third-order valence-corrected chi connectivity index (χ3v) is 12.0. The molecule has 0 radical (unpaired) electrons. The Kier molecular flexibility index (Phi) is 7.48. The Morgan fingerprint density at radius 3 is 2.22 bits per heavy atom. The van der Waals surface area contributed by atoms with Crippen LogP contribution in [0.4, 0.5) is 0 Å². The molecule has 1 aromatic carbocycles. The lowest BCUT2D eigenvalue weighted by atomic mass is 9.57. The van der Waals surface area contributed by atoms with Gasteiger partial charge in [-0.3, -0.25) is 14.4 Å². The van der Waals surface area contributed by atoms with E-state index in [1.54, 1.807) is 38.1 Å². The highest BCUT2D eigenvalue weighted by atomic mass is 16.6. The van der Waals surface area contributed by atoms with Gasteiger partial charge in [0.15, 0.2) is 11.7 Å². The zero-order valence-electron chi connectivity index (χ0n) is 27.4. The van der Waals surface area contributed by atoms with Crippen LogP contribution in [0, 0.1) is 46.3 Å². The van der Waals surface area contributed by atoms with Crippen LogP contribution >= 0.6 is 0 Å². The monoisotopic (exact) mass is 626 g/mol. The summed E-state index contributed by atoms with van der Waals surface area (Å²) in [5, 5.41) is 13.0. The van der Waals surface area contributed by atoms with Gasteiger partial charge in [-0.2, -0.15) is 0 Å². The molecule has 246 valence electrons. The van der Waals surface area contributed by atoms with Crippen LogP contribution in [0.25, 0.3) is 0 Å². The second-order valence-electron chi connectivity index (χ2n) is 15.3. The van der Waals surface area contributed by atoms with Crippen molar-refractivity contribution >= 4 is 23.9 Å². The van der Waals surface area contributed by atoms with Gasteiger partial charge < -0.3 is 28.8 Å². The molecule has 6 rings (SSSR count). The van der Waals surface area contributed by atoms with Gasteiger partial charge in [0, 0.05) is 19.8 Å². The number of aliphatic hydroxyl groups is 1. The van der Waals surface area contributed by atoms with Crippen LogP contribution in [-0.4, -0.2) is 71.2 Å². The van der Waals surface area contributed by atoms with Gasteiger partial charge in [0.2, 0.25) is 0 Å². The minimum atomic E-state index is -1.58. The number of esters is 4. The molecule has 4 aliphatic carbocycles. The van der Waals surface area contributed by atoms with E-state index in [1.807, 2.05) is 19.9 Å². The van der Waals surface area contributed by atoms with Crippen molar-refractivity contribution in [2.24, 2.45) is 46.3 Å². The van der Waals surface area contributed by atoms with Gasteiger partial charge in [-0.25, -0.2) is 4.79 Å². The Bertz CT molecular complexity index is 1390. The second-order valence-corrected chi connectivity index (χ2v) is 15.3. The number of carbonyl (C=O) groups is 4. The SMILES string of the molecule is CC(=O)O[C@H]1[C@]2(C)OC[C@@]3([C@H](O)[C@H]4[C@@H](OC(=O)C(C)C)[C@@H](C)C[C@@]41OC(C)=O)[C@H](OC(=O)c1ccccc1)C[C@H]1[C@@H]([C@@H]23)C1(C)C. The number of rotatable bonds is 6. The highest BCUT2D eigenvalue weighted by molar-refractivity contribution is 5.89. The summed E-state index contributed by atoms with van der Waals surface area (Å²) in [6, 6.07) is 8.72. The first-order valence-corrected chi connectivity index (χ1v) is 16.2. The molecule has 0 amide bonds. The maximum atomic E-state index is 13.6. The van der Waals surface area contributed by atoms with Crippen LogP contribution in [-0.2, 0) is 38.1 Å². The first kappa shape index (κ1) is 32.0. The first-order chi connectivity index (χ1) is 21.0. The van der Waals surface area contributed by atoms with Crippen molar-refractivity contribution in [1.29, 1.82) is 0 Å². The molecule has 10 nitrogen and oxygen atoms in total. The lowest BCUT2D eigenvalue weighted by Gasteiger charge is -2.49. The zero-order chi connectivity index (χ0) is 32.9. The maximum Gasteiger partial charge on any atom is 0.338 e.